The number of aromatic nitrogens is 3. The van der Waals surface area contributed by atoms with Gasteiger partial charge in [0.2, 0.25) is 47.0 Å². The Balaban J connectivity index is 0.000000499. The Hall–Kier alpha value is -12.1. The molecule has 8 amide bonds. The van der Waals surface area contributed by atoms with Gasteiger partial charge in [0.1, 0.15) is 48.8 Å². The second kappa shape index (κ2) is 47.1. The van der Waals surface area contributed by atoms with E-state index in [0.717, 1.165) is 75.1 Å². The summed E-state index contributed by atoms with van der Waals surface area (Å²) in [5.74, 6) is -22.1. The van der Waals surface area contributed by atoms with Crippen molar-refractivity contribution in [1.82, 2.24) is 55.1 Å². The molecule has 5 aromatic rings. The summed E-state index contributed by atoms with van der Waals surface area (Å²) in [7, 11) is -8.75. The third-order valence-electron chi connectivity index (χ3n) is 20.5. The zero-order valence-electron chi connectivity index (χ0n) is 69.0. The molecule has 44 heteroatoms. The Kier molecular flexibility index (Phi) is 39.0. The second-order valence-electron chi connectivity index (χ2n) is 30.0. The topological polar surface area (TPSA) is 640 Å². The number of aliphatic carboxylic acids is 7. The number of hydrogen-bond donors (Lipinski definition) is 17. The van der Waals surface area contributed by atoms with Crippen molar-refractivity contribution in [1.29, 1.82) is 0 Å². The Morgan fingerprint density at radius 3 is 1.42 bits per heavy atom. The van der Waals surface area contributed by atoms with Crippen molar-refractivity contribution < 1.29 is 138 Å². The quantitative estimate of drug-likeness (QED) is 0.00865. The van der Waals surface area contributed by atoms with Gasteiger partial charge in [-0.15, -0.1) is 0 Å². The van der Waals surface area contributed by atoms with Gasteiger partial charge in [-0.05, 0) is 103 Å². The van der Waals surface area contributed by atoms with Crippen LogP contribution < -0.4 is 47.4 Å². The maximum absolute atomic E-state index is 13.5. The normalized spacial score (nSPS) is 16.0. The van der Waals surface area contributed by atoms with E-state index in [9.17, 15) is 134 Å². The molecule has 3 aromatic carbocycles. The average molecular weight is 1850 g/mol. The first-order valence-electron chi connectivity index (χ1n) is 39.6. The third kappa shape index (κ3) is 29.5. The summed E-state index contributed by atoms with van der Waals surface area (Å²) in [6, 6.07) is 0.582. The first-order chi connectivity index (χ1) is 58.3. The van der Waals surface area contributed by atoms with Crippen LogP contribution in [0, 0.1) is 0 Å². The van der Waals surface area contributed by atoms with Crippen molar-refractivity contribution in [3.05, 3.63) is 108 Å². The van der Waals surface area contributed by atoms with Gasteiger partial charge in [0.25, 0.3) is 20.2 Å². The molecule has 125 heavy (non-hydrogen) atoms. The summed E-state index contributed by atoms with van der Waals surface area (Å²) >= 11 is -0.188. The molecule has 0 radical (unpaired) electrons. The van der Waals surface area contributed by atoms with Crippen molar-refractivity contribution in [2.45, 2.75) is 241 Å². The van der Waals surface area contributed by atoms with Crippen LogP contribution in [0.2, 0.25) is 0 Å². The fourth-order valence-corrected chi connectivity index (χ4v) is 16.5. The Bertz CT molecular complexity index is 5230. The summed E-state index contributed by atoms with van der Waals surface area (Å²) in [4.78, 5) is 189. The number of nitrogens with one attached hydrogen (secondary N) is 8. The molecular weight excluding hydrogens is 1750 g/mol. The number of fused-ring (bicyclic) bond motifs is 5. The van der Waals surface area contributed by atoms with Gasteiger partial charge in [-0.2, -0.15) is 21.4 Å². The van der Waals surface area contributed by atoms with E-state index >= 15 is 0 Å². The van der Waals surface area contributed by atoms with Gasteiger partial charge in [-0.3, -0.25) is 76.2 Å². The number of nitrogens with zero attached hydrogens (tertiary/aromatic N) is 5. The van der Waals surface area contributed by atoms with Gasteiger partial charge in [0.15, 0.2) is 5.71 Å². The fraction of sp³-hybridized carbons (Fsp3) is 0.481. The van der Waals surface area contributed by atoms with Crippen molar-refractivity contribution in [3.8, 4) is 0 Å². The number of carbonyl (C=O) groups excluding carboxylic acids is 8. The van der Waals surface area contributed by atoms with Crippen molar-refractivity contribution >= 4 is 163 Å². The number of allylic oxidation sites excluding steroid dienone is 6. The standard InChI is InChI=1S/C46H60N10O21Se.C34H43N3O7S2.CH4/c1-2-3-9-24(46(76)77)48-41(71)26(17-33(60)61)50-43(73)28(19-35(64)65)52-45(75)30(21-37(68)69)53-44(74)29(20-36(66)67)51-42(72)27(18-34(62)63)49-40(70)25(16-32(58)59)47-31(57)10-7-5-4-6-8-14-56-15-13-22-11-12-23-38(39(22)56)55-78-54-23;1-7-35-32(38)16-13-21-34(6)27-23-25(46(42,43)44)18-20-29(27)37(9-3)31(34)15-12-10-11-14-30-33(4,5)26-22-24(45(39,40)41)17-19-28(26)36(30)8-2;/h11-13,15,24-30H,2-10,14,16-21H2,1H3,(H,47,57)(H,48,71)(H,49,70)(H,50,73)(H,51,72)(H,52,75)(H,53,74)(H,58,59)(H,60,61)(H,62,63)(H,64,65)(H,66,67)(H,68,69)(H,76,77);10-12,14-15,17-20,22-23H,7-9,13,16,21H2,1-6H3,(H2-,35,38,39,40,41,42,43,44);1H4/p+1/t24-,25+,26-,27-,28-,29-,30-;;/m0../s1. The molecule has 7 rings (SSSR count). The summed E-state index contributed by atoms with van der Waals surface area (Å²) in [6.45, 7) is 16.2. The minimum Gasteiger partial charge on any atom is -0.480 e. The summed E-state index contributed by atoms with van der Waals surface area (Å²) in [6.07, 6.45) is 9.35. The van der Waals surface area contributed by atoms with Crippen molar-refractivity contribution in [2.75, 3.05) is 24.5 Å². The largest absolute Gasteiger partial charge is 0.480 e. The van der Waals surface area contributed by atoms with E-state index in [1.807, 2.05) is 123 Å². The maximum atomic E-state index is 13.5. The summed E-state index contributed by atoms with van der Waals surface area (Å²) in [5.41, 5.74) is 6.86. The minimum atomic E-state index is -4.41. The number of unbranched alkanes of at least 4 members (excludes halogenated alkanes) is 5. The monoisotopic (exact) mass is 1850 g/mol. The smallest absolute Gasteiger partial charge is 0.326 e. The average Bonchev–Trinajstić information content (AvgIpc) is 1.57. The molecule has 0 saturated heterocycles. The third-order valence-corrected chi connectivity index (χ3v) is 23.3. The number of carbonyl (C=O) groups is 15. The molecule has 17 N–H and O–H groups in total. The van der Waals surface area contributed by atoms with Crippen LogP contribution in [0.25, 0.3) is 21.9 Å². The van der Waals surface area contributed by atoms with E-state index in [0.29, 0.717) is 71.1 Å². The molecule has 2 aliphatic rings. The number of aryl methyl sites for hydroxylation is 1. The van der Waals surface area contributed by atoms with Crippen molar-refractivity contribution in [3.63, 3.8) is 0 Å². The number of amides is 8. The molecule has 8 atom stereocenters. The van der Waals surface area contributed by atoms with Crippen LogP contribution in [-0.2, 0) is 110 Å². The SMILES string of the molecule is C.CCCC[C@H](NC(=O)[C@H](CC(=O)O)NC(=O)[C@H](CC(=O)O)NC(=O)[C@H](CC(=O)O)NC(=O)[C@H](CC(=O)O)NC(=O)[C@H](CC(=O)O)NC(=O)[C@@H](CC(=O)O)NC(=O)CCCCCCCn1ccc2ccc3n[se]nc3c21)C(=O)O.CCNC(=O)CCCC1(C)\C(=C/C=C/C=C/C2=[N+](CC)c3ccc(S(=O)(=O)O)cc3C2(C)C)N(CC)c2ccc(S(=O)(=O)O)cc21. The minimum absolute atomic E-state index is 0. The first kappa shape index (κ1) is 103. The predicted octanol–water partition coefficient (Wildman–Crippen LogP) is 3.81. The maximum Gasteiger partial charge on any atom is 0.326 e. The number of anilines is 1. The number of benzene rings is 3. The molecule has 1 unspecified atom stereocenters. The van der Waals surface area contributed by atoms with Crippen LogP contribution in [-0.4, -0.2) is 250 Å². The molecule has 41 nitrogen and oxygen atoms in total. The van der Waals surface area contributed by atoms with E-state index in [-0.39, 0.29) is 50.9 Å². The molecule has 2 aromatic heterocycles. The molecule has 0 saturated carbocycles. The zero-order valence-corrected chi connectivity index (χ0v) is 72.3. The number of hydrogen-bond acceptors (Lipinski definition) is 22. The second-order valence-corrected chi connectivity index (χ2v) is 33.9. The molecule has 0 fully saturated rings. The van der Waals surface area contributed by atoms with Crippen LogP contribution in [0.1, 0.15) is 183 Å². The molecule has 0 spiro atoms. The van der Waals surface area contributed by atoms with Gasteiger partial charge in [-0.25, -0.2) is 4.79 Å². The molecule has 0 bridgehead atoms. The molecule has 682 valence electrons. The Morgan fingerprint density at radius 1 is 0.512 bits per heavy atom. The van der Waals surface area contributed by atoms with Crippen LogP contribution in [0.5, 0.6) is 0 Å². The first-order valence-corrected chi connectivity index (χ1v) is 44.0. The van der Waals surface area contributed by atoms with Crippen LogP contribution in [0.15, 0.2) is 107 Å². The van der Waals surface area contributed by atoms with E-state index in [1.165, 1.54) is 24.3 Å². The van der Waals surface area contributed by atoms with Gasteiger partial charge in [0, 0.05) is 54.0 Å². The molecular formula is C81H108N13O28S2Se+. The molecule has 4 heterocycles. The number of carboxylic acid groups (broad SMARTS) is 7. The van der Waals surface area contributed by atoms with Gasteiger partial charge in [-0.1, -0.05) is 45.4 Å². The van der Waals surface area contributed by atoms with E-state index in [1.54, 1.807) is 19.1 Å². The van der Waals surface area contributed by atoms with Crippen LogP contribution in [0.3, 0.4) is 0 Å². The number of likely N-dealkylation sites (N-methyl/N-ethyl adjacent to an activating group) is 1. The van der Waals surface area contributed by atoms with E-state index in [4.69, 9.17) is 0 Å². The van der Waals surface area contributed by atoms with Gasteiger partial charge in [0.05, 0.1) is 53.7 Å². The van der Waals surface area contributed by atoms with E-state index in [2.05, 4.69) is 38.0 Å². The number of carboxylic acids is 7. The summed E-state index contributed by atoms with van der Waals surface area (Å²) in [5, 5.41) is 84.1. The number of rotatable bonds is 49. The van der Waals surface area contributed by atoms with Crippen LogP contribution in [0.4, 0.5) is 11.4 Å². The molecule has 2 aliphatic heterocycles. The Labute approximate surface area is 726 Å². The van der Waals surface area contributed by atoms with Gasteiger partial charge < -0.3 is 83.2 Å². The summed E-state index contributed by atoms with van der Waals surface area (Å²) < 4.78 is 80.3. The molecule has 0 aliphatic carbocycles. The van der Waals surface area contributed by atoms with E-state index < -0.39 is 195 Å². The van der Waals surface area contributed by atoms with Gasteiger partial charge >= 0.3 is 167 Å². The van der Waals surface area contributed by atoms with Crippen LogP contribution >= 0.6 is 0 Å². The predicted molar refractivity (Wildman–Crippen MR) is 451 cm³/mol. The fourth-order valence-electron chi connectivity index (χ4n) is 14.4. The zero-order chi connectivity index (χ0) is 92.3. The Morgan fingerprint density at radius 2 is 0.968 bits per heavy atom. The van der Waals surface area contributed by atoms with Crippen molar-refractivity contribution in [2.24, 2.45) is 0 Å².